The Bertz CT molecular complexity index is 688. The Morgan fingerprint density at radius 2 is 1.91 bits per heavy atom. The minimum Gasteiger partial charge on any atom is -0.295 e. The number of nitrogens with zero attached hydrogens (tertiary/aromatic N) is 1. The van der Waals surface area contributed by atoms with E-state index in [4.69, 9.17) is 0 Å². The van der Waals surface area contributed by atoms with Crippen LogP contribution < -0.4 is 0 Å². The van der Waals surface area contributed by atoms with Crippen molar-refractivity contribution < 1.29 is 0 Å². The van der Waals surface area contributed by atoms with Crippen molar-refractivity contribution in [2.45, 2.75) is 29.7 Å². The maximum Gasteiger partial charge on any atom is 0.0363 e. The second-order valence-electron chi connectivity index (χ2n) is 6.22. The van der Waals surface area contributed by atoms with E-state index in [1.54, 1.807) is 0 Å². The van der Waals surface area contributed by atoms with E-state index in [2.05, 4.69) is 69.6 Å². The highest BCUT2D eigenvalue weighted by molar-refractivity contribution is 9.10. The fraction of sp³-hybridized carbons (Fsp3) is 0.368. The quantitative estimate of drug-likeness (QED) is 0.569. The summed E-state index contributed by atoms with van der Waals surface area (Å²) < 4.78 is 1.28. The van der Waals surface area contributed by atoms with Gasteiger partial charge in [0.1, 0.15) is 0 Å². The van der Waals surface area contributed by atoms with Gasteiger partial charge in [0.25, 0.3) is 0 Å². The van der Waals surface area contributed by atoms with E-state index in [0.717, 1.165) is 6.54 Å². The molecule has 2 atom stereocenters. The first-order chi connectivity index (χ1) is 10.8. The molecule has 0 aromatic heterocycles. The first-order valence-corrected chi connectivity index (χ1v) is 9.96. The van der Waals surface area contributed by atoms with Gasteiger partial charge in [0, 0.05) is 27.9 Å². The second kappa shape index (κ2) is 7.18. The summed E-state index contributed by atoms with van der Waals surface area (Å²) in [5.41, 5.74) is 4.50. The van der Waals surface area contributed by atoms with Gasteiger partial charge in [-0.05, 0) is 60.5 Å². The van der Waals surface area contributed by atoms with Crippen LogP contribution in [0.15, 0.2) is 51.8 Å². The third kappa shape index (κ3) is 3.09. The highest BCUT2D eigenvalue weighted by Gasteiger charge is 2.37. The van der Waals surface area contributed by atoms with Gasteiger partial charge < -0.3 is 0 Å². The summed E-state index contributed by atoms with van der Waals surface area (Å²) >= 11 is 5.62. The standard InChI is InChI=1S/C19H20BrNS.ClH/c1-22-14-9-7-13(8-10-14)16-12-21-11-3-6-18(21)19-15(16)4-2-5-17(19)20;/h2,4-5,7-10,16,18H,3,6,11-12H2,1H3;1H. The molecule has 2 unspecified atom stereocenters. The molecule has 1 fully saturated rings. The fourth-order valence-electron chi connectivity index (χ4n) is 4.03. The highest BCUT2D eigenvalue weighted by Crippen LogP contribution is 2.46. The third-order valence-electron chi connectivity index (χ3n) is 5.09. The zero-order valence-electron chi connectivity index (χ0n) is 13.2. The maximum atomic E-state index is 3.81. The van der Waals surface area contributed by atoms with E-state index in [-0.39, 0.29) is 12.4 Å². The molecular weight excluding hydrogens is 390 g/mol. The van der Waals surface area contributed by atoms with Crippen LogP contribution in [0.5, 0.6) is 0 Å². The Kier molecular flexibility index (Phi) is 5.42. The Morgan fingerprint density at radius 1 is 1.13 bits per heavy atom. The lowest BCUT2D eigenvalue weighted by molar-refractivity contribution is 0.229. The number of rotatable bonds is 2. The highest BCUT2D eigenvalue weighted by atomic mass is 79.9. The molecule has 2 aromatic carbocycles. The summed E-state index contributed by atoms with van der Waals surface area (Å²) in [4.78, 5) is 4.02. The van der Waals surface area contributed by atoms with Crippen LogP contribution in [-0.2, 0) is 0 Å². The molecule has 1 nitrogen and oxygen atoms in total. The van der Waals surface area contributed by atoms with E-state index in [1.165, 1.54) is 45.4 Å². The summed E-state index contributed by atoms with van der Waals surface area (Å²) in [6.45, 7) is 2.40. The van der Waals surface area contributed by atoms with Crippen molar-refractivity contribution in [3.63, 3.8) is 0 Å². The van der Waals surface area contributed by atoms with Gasteiger partial charge in [0.15, 0.2) is 0 Å². The molecule has 4 heteroatoms. The van der Waals surface area contributed by atoms with Gasteiger partial charge in [-0.2, -0.15) is 0 Å². The van der Waals surface area contributed by atoms with Gasteiger partial charge in [-0.25, -0.2) is 0 Å². The smallest absolute Gasteiger partial charge is 0.0363 e. The average molecular weight is 411 g/mol. The van der Waals surface area contributed by atoms with Crippen LogP contribution in [-0.4, -0.2) is 24.2 Å². The van der Waals surface area contributed by atoms with Crippen LogP contribution in [0, 0.1) is 0 Å². The maximum absolute atomic E-state index is 3.81. The Morgan fingerprint density at radius 3 is 2.65 bits per heavy atom. The normalized spacial score (nSPS) is 23.0. The topological polar surface area (TPSA) is 3.24 Å². The molecule has 0 amide bonds. The third-order valence-corrected chi connectivity index (χ3v) is 6.53. The summed E-state index contributed by atoms with van der Waals surface area (Å²) in [7, 11) is 0. The largest absolute Gasteiger partial charge is 0.295 e. The Balaban J connectivity index is 0.00000156. The van der Waals surface area contributed by atoms with Crippen LogP contribution in [0.25, 0.3) is 0 Å². The Hall–Kier alpha value is -0.480. The molecule has 23 heavy (non-hydrogen) atoms. The molecule has 0 radical (unpaired) electrons. The number of thioether (sulfide) groups is 1. The lowest BCUT2D eigenvalue weighted by Crippen LogP contribution is -2.34. The zero-order valence-corrected chi connectivity index (χ0v) is 16.4. The van der Waals surface area contributed by atoms with Gasteiger partial charge in [0.2, 0.25) is 0 Å². The van der Waals surface area contributed by atoms with Crippen LogP contribution >= 0.6 is 40.1 Å². The predicted molar refractivity (Wildman–Crippen MR) is 105 cm³/mol. The molecule has 0 aliphatic carbocycles. The first-order valence-electron chi connectivity index (χ1n) is 7.94. The van der Waals surface area contributed by atoms with E-state index in [9.17, 15) is 0 Å². The lowest BCUT2D eigenvalue weighted by atomic mass is 9.82. The molecule has 1 saturated heterocycles. The molecule has 4 rings (SSSR count). The number of fused-ring (bicyclic) bond motifs is 3. The molecule has 2 aliphatic rings. The van der Waals surface area contributed by atoms with Crippen molar-refractivity contribution in [2.24, 2.45) is 0 Å². The van der Waals surface area contributed by atoms with E-state index >= 15 is 0 Å². The fourth-order valence-corrected chi connectivity index (χ4v) is 5.09. The monoisotopic (exact) mass is 409 g/mol. The SMILES string of the molecule is CSc1ccc(C2CN3CCCC3c3c(Br)cccc32)cc1.Cl. The molecular formula is C19H21BrClNS. The van der Waals surface area contributed by atoms with E-state index in [0.29, 0.717) is 12.0 Å². The zero-order chi connectivity index (χ0) is 15.1. The molecule has 0 saturated carbocycles. The van der Waals surface area contributed by atoms with Crippen molar-refractivity contribution >= 4 is 40.1 Å². The summed E-state index contributed by atoms with van der Waals surface area (Å²) in [5.74, 6) is 0.498. The Labute approximate surface area is 157 Å². The number of hydrogen-bond donors (Lipinski definition) is 0. The van der Waals surface area contributed by atoms with Crippen molar-refractivity contribution in [3.05, 3.63) is 63.6 Å². The lowest BCUT2D eigenvalue weighted by Gasteiger charge is -2.38. The van der Waals surface area contributed by atoms with Crippen molar-refractivity contribution in [1.82, 2.24) is 4.90 Å². The number of hydrogen-bond acceptors (Lipinski definition) is 2. The minimum atomic E-state index is 0. The summed E-state index contributed by atoms with van der Waals surface area (Å²) in [6, 6.07) is 16.5. The minimum absolute atomic E-state index is 0. The van der Waals surface area contributed by atoms with Gasteiger partial charge in [-0.15, -0.1) is 24.2 Å². The van der Waals surface area contributed by atoms with E-state index in [1.807, 2.05) is 11.8 Å². The summed E-state index contributed by atoms with van der Waals surface area (Å²) in [5, 5.41) is 0. The van der Waals surface area contributed by atoms with Crippen LogP contribution in [0.4, 0.5) is 0 Å². The molecule has 122 valence electrons. The number of halogens is 2. The van der Waals surface area contributed by atoms with Crippen LogP contribution in [0.3, 0.4) is 0 Å². The predicted octanol–water partition coefficient (Wildman–Crippen LogP) is 5.88. The van der Waals surface area contributed by atoms with Crippen molar-refractivity contribution in [2.75, 3.05) is 19.3 Å². The first kappa shape index (κ1) is 17.3. The van der Waals surface area contributed by atoms with Gasteiger partial charge >= 0.3 is 0 Å². The van der Waals surface area contributed by atoms with Gasteiger partial charge in [-0.3, -0.25) is 4.90 Å². The van der Waals surface area contributed by atoms with Crippen molar-refractivity contribution in [1.29, 1.82) is 0 Å². The van der Waals surface area contributed by atoms with Gasteiger partial charge in [0.05, 0.1) is 0 Å². The average Bonchev–Trinajstić information content (AvgIpc) is 3.02. The van der Waals surface area contributed by atoms with Crippen LogP contribution in [0.2, 0.25) is 0 Å². The summed E-state index contributed by atoms with van der Waals surface area (Å²) in [6.07, 6.45) is 4.76. The van der Waals surface area contributed by atoms with Gasteiger partial charge in [-0.1, -0.05) is 40.2 Å². The number of benzene rings is 2. The molecule has 0 spiro atoms. The molecule has 2 heterocycles. The molecule has 0 bridgehead atoms. The molecule has 2 aromatic rings. The molecule has 2 aliphatic heterocycles. The van der Waals surface area contributed by atoms with Crippen molar-refractivity contribution in [3.8, 4) is 0 Å². The second-order valence-corrected chi connectivity index (χ2v) is 7.96. The van der Waals surface area contributed by atoms with E-state index < -0.39 is 0 Å². The molecule has 0 N–H and O–H groups in total. The van der Waals surface area contributed by atoms with Crippen LogP contribution in [0.1, 0.15) is 41.5 Å².